The second-order valence-electron chi connectivity index (χ2n) is 5.98. The van der Waals surface area contributed by atoms with E-state index in [1.165, 1.54) is 5.56 Å². The Hall–Kier alpha value is -3.92. The lowest BCUT2D eigenvalue weighted by Crippen LogP contribution is -1.99. The van der Waals surface area contributed by atoms with Gasteiger partial charge in [-0.2, -0.15) is 20.7 Å². The maximum Gasteiger partial charge on any atom is 0.190 e. The van der Waals surface area contributed by atoms with Gasteiger partial charge in [0.1, 0.15) is 24.1 Å². The summed E-state index contributed by atoms with van der Waals surface area (Å²) >= 11 is 0. The zero-order valence-electron chi connectivity index (χ0n) is 14.4. The number of aromatic nitrogens is 5. The second-order valence-corrected chi connectivity index (χ2v) is 5.98. The van der Waals surface area contributed by atoms with Crippen LogP contribution in [0.25, 0.3) is 11.3 Å². The Labute approximate surface area is 155 Å². The second kappa shape index (κ2) is 7.54. The van der Waals surface area contributed by atoms with Gasteiger partial charge in [0.2, 0.25) is 0 Å². The lowest BCUT2D eigenvalue weighted by Gasteiger charge is -2.06. The average Bonchev–Trinajstić information content (AvgIpc) is 3.36. The number of aromatic amines is 1. The van der Waals surface area contributed by atoms with Crippen LogP contribution in [-0.4, -0.2) is 25.2 Å². The Morgan fingerprint density at radius 1 is 1.04 bits per heavy atom. The van der Waals surface area contributed by atoms with Crippen molar-refractivity contribution in [3.05, 3.63) is 83.8 Å². The van der Waals surface area contributed by atoms with Crippen molar-refractivity contribution in [2.24, 2.45) is 0 Å². The van der Waals surface area contributed by atoms with Crippen molar-refractivity contribution in [1.29, 1.82) is 5.26 Å². The van der Waals surface area contributed by atoms with Crippen molar-refractivity contribution in [1.82, 2.24) is 25.2 Å². The zero-order valence-corrected chi connectivity index (χ0v) is 14.4. The molecule has 0 saturated carbocycles. The maximum absolute atomic E-state index is 9.08. The lowest BCUT2D eigenvalue weighted by atomic mass is 10.1. The van der Waals surface area contributed by atoms with Gasteiger partial charge < -0.3 is 4.74 Å². The Balaban J connectivity index is 1.42. The highest BCUT2D eigenvalue weighted by Crippen LogP contribution is 2.24. The molecule has 7 heteroatoms. The SMILES string of the molecule is N#Cc1n[nH]nc1-c1cccc(OCc2cnn(Cc3ccccc3)c2)c1. The number of nitriles is 1. The maximum atomic E-state index is 9.08. The van der Waals surface area contributed by atoms with Gasteiger partial charge in [-0.15, -0.1) is 5.10 Å². The molecule has 0 atom stereocenters. The van der Waals surface area contributed by atoms with E-state index >= 15 is 0 Å². The lowest BCUT2D eigenvalue weighted by molar-refractivity contribution is 0.306. The fourth-order valence-corrected chi connectivity index (χ4v) is 2.75. The summed E-state index contributed by atoms with van der Waals surface area (Å²) in [5.41, 5.74) is 3.72. The Morgan fingerprint density at radius 2 is 1.93 bits per heavy atom. The molecule has 0 bridgehead atoms. The molecule has 132 valence electrons. The van der Waals surface area contributed by atoms with E-state index in [1.807, 2.05) is 59.4 Å². The van der Waals surface area contributed by atoms with E-state index < -0.39 is 0 Å². The van der Waals surface area contributed by atoms with Crippen molar-refractivity contribution >= 4 is 0 Å². The fourth-order valence-electron chi connectivity index (χ4n) is 2.75. The number of rotatable bonds is 6. The molecule has 2 aromatic heterocycles. The molecule has 27 heavy (non-hydrogen) atoms. The summed E-state index contributed by atoms with van der Waals surface area (Å²) in [6, 6.07) is 19.6. The molecule has 0 spiro atoms. The standard InChI is InChI=1S/C20H16N6O/c21-10-19-20(24-25-23-19)17-7-4-8-18(9-17)27-14-16-11-22-26(13-16)12-15-5-2-1-3-6-15/h1-9,11,13H,12,14H2,(H,23,24,25). The van der Waals surface area contributed by atoms with Crippen LogP contribution in [0.5, 0.6) is 5.75 Å². The van der Waals surface area contributed by atoms with Crippen LogP contribution in [0, 0.1) is 11.3 Å². The molecule has 0 aliphatic rings. The van der Waals surface area contributed by atoms with Crippen LogP contribution in [0.2, 0.25) is 0 Å². The molecular formula is C20H16N6O. The van der Waals surface area contributed by atoms with Gasteiger partial charge >= 0.3 is 0 Å². The van der Waals surface area contributed by atoms with Gasteiger partial charge in [-0.1, -0.05) is 42.5 Å². The third-order valence-corrected chi connectivity index (χ3v) is 4.04. The molecule has 7 nitrogen and oxygen atoms in total. The smallest absolute Gasteiger partial charge is 0.190 e. The first-order chi connectivity index (χ1) is 13.3. The normalized spacial score (nSPS) is 10.5. The molecule has 0 aliphatic heterocycles. The van der Waals surface area contributed by atoms with E-state index in [9.17, 15) is 0 Å². The molecule has 0 aliphatic carbocycles. The Morgan fingerprint density at radius 3 is 2.78 bits per heavy atom. The van der Waals surface area contributed by atoms with E-state index in [4.69, 9.17) is 10.00 Å². The first kappa shape index (κ1) is 16.5. The first-order valence-electron chi connectivity index (χ1n) is 8.41. The van der Waals surface area contributed by atoms with Crippen LogP contribution in [-0.2, 0) is 13.2 Å². The van der Waals surface area contributed by atoms with Gasteiger partial charge in [0.05, 0.1) is 12.7 Å². The first-order valence-corrected chi connectivity index (χ1v) is 8.41. The summed E-state index contributed by atoms with van der Waals surface area (Å²) in [7, 11) is 0. The van der Waals surface area contributed by atoms with Crippen molar-refractivity contribution < 1.29 is 4.74 Å². The molecule has 1 N–H and O–H groups in total. The minimum absolute atomic E-state index is 0.259. The summed E-state index contributed by atoms with van der Waals surface area (Å²) < 4.78 is 7.76. The van der Waals surface area contributed by atoms with Crippen LogP contribution in [0.15, 0.2) is 67.0 Å². The molecule has 0 amide bonds. The minimum Gasteiger partial charge on any atom is -0.489 e. The molecule has 0 saturated heterocycles. The minimum atomic E-state index is 0.259. The zero-order chi connectivity index (χ0) is 18.5. The van der Waals surface area contributed by atoms with Gasteiger partial charge in [0.25, 0.3) is 0 Å². The predicted octanol–water partition coefficient (Wildman–Crippen LogP) is 3.17. The van der Waals surface area contributed by atoms with Crippen molar-refractivity contribution in [2.45, 2.75) is 13.2 Å². The molecule has 0 radical (unpaired) electrons. The summed E-state index contributed by atoms with van der Waals surface area (Å²) in [5, 5.41) is 23.8. The van der Waals surface area contributed by atoms with Crippen LogP contribution in [0.4, 0.5) is 0 Å². The largest absolute Gasteiger partial charge is 0.489 e. The highest BCUT2D eigenvalue weighted by atomic mass is 16.5. The summed E-state index contributed by atoms with van der Waals surface area (Å²) in [6.07, 6.45) is 3.78. The van der Waals surface area contributed by atoms with Gasteiger partial charge in [-0.25, -0.2) is 0 Å². The molecule has 2 aromatic carbocycles. The van der Waals surface area contributed by atoms with Crippen LogP contribution >= 0.6 is 0 Å². The Kier molecular flexibility index (Phi) is 4.62. The molecule has 4 aromatic rings. The molecule has 0 unspecified atom stereocenters. The number of nitrogens with one attached hydrogen (secondary N) is 1. The van der Waals surface area contributed by atoms with E-state index in [0.717, 1.165) is 17.7 Å². The summed E-state index contributed by atoms with van der Waals surface area (Å²) in [5.74, 6) is 0.690. The average molecular weight is 356 g/mol. The van der Waals surface area contributed by atoms with Crippen molar-refractivity contribution in [3.8, 4) is 23.1 Å². The van der Waals surface area contributed by atoms with Gasteiger partial charge in [-0.3, -0.25) is 4.68 Å². The monoisotopic (exact) mass is 356 g/mol. The molecule has 4 rings (SSSR count). The van der Waals surface area contributed by atoms with Crippen molar-refractivity contribution in [3.63, 3.8) is 0 Å². The van der Waals surface area contributed by atoms with E-state index in [-0.39, 0.29) is 5.69 Å². The number of nitrogens with zero attached hydrogens (tertiary/aromatic N) is 5. The van der Waals surface area contributed by atoms with E-state index in [0.29, 0.717) is 18.1 Å². The third-order valence-electron chi connectivity index (χ3n) is 4.04. The summed E-state index contributed by atoms with van der Waals surface area (Å²) in [6.45, 7) is 1.13. The van der Waals surface area contributed by atoms with Gasteiger partial charge in [-0.05, 0) is 17.7 Å². The van der Waals surface area contributed by atoms with Gasteiger partial charge in [0.15, 0.2) is 5.69 Å². The van der Waals surface area contributed by atoms with Crippen molar-refractivity contribution in [2.75, 3.05) is 0 Å². The molecule has 2 heterocycles. The van der Waals surface area contributed by atoms with Crippen LogP contribution in [0.1, 0.15) is 16.8 Å². The van der Waals surface area contributed by atoms with E-state index in [1.54, 1.807) is 6.20 Å². The number of hydrogen-bond acceptors (Lipinski definition) is 5. The van der Waals surface area contributed by atoms with E-state index in [2.05, 4.69) is 32.6 Å². The number of hydrogen-bond donors (Lipinski definition) is 1. The topological polar surface area (TPSA) is 92.4 Å². The molecular weight excluding hydrogens is 340 g/mol. The number of benzene rings is 2. The molecule has 0 fully saturated rings. The predicted molar refractivity (Wildman–Crippen MR) is 98.6 cm³/mol. The fraction of sp³-hybridized carbons (Fsp3) is 0.100. The van der Waals surface area contributed by atoms with Gasteiger partial charge in [0, 0.05) is 17.3 Å². The number of H-pyrrole nitrogens is 1. The number of ether oxygens (including phenoxy) is 1. The Bertz CT molecular complexity index is 1080. The quantitative estimate of drug-likeness (QED) is 0.573. The highest BCUT2D eigenvalue weighted by molar-refractivity contribution is 5.65. The summed E-state index contributed by atoms with van der Waals surface area (Å²) in [4.78, 5) is 0. The highest BCUT2D eigenvalue weighted by Gasteiger charge is 2.10. The third kappa shape index (κ3) is 3.85. The van der Waals surface area contributed by atoms with Crippen LogP contribution < -0.4 is 4.74 Å². The van der Waals surface area contributed by atoms with Crippen LogP contribution in [0.3, 0.4) is 0 Å².